The summed E-state index contributed by atoms with van der Waals surface area (Å²) >= 11 is 0. The normalized spacial score (nSPS) is 11.2. The molecule has 0 unspecified atom stereocenters. The number of furan rings is 1. The number of hydrogen-bond acceptors (Lipinski definition) is 6. The van der Waals surface area contributed by atoms with E-state index in [0.717, 1.165) is 16.6 Å². The number of anilines is 1. The fourth-order valence-electron chi connectivity index (χ4n) is 3.10. The Balaban J connectivity index is 1.96. The third-order valence-electron chi connectivity index (χ3n) is 4.48. The molecule has 0 aliphatic carbocycles. The molecule has 0 spiro atoms. The second-order valence-electron chi connectivity index (χ2n) is 6.50. The van der Waals surface area contributed by atoms with Gasteiger partial charge < -0.3 is 23.9 Å². The van der Waals surface area contributed by atoms with Crippen molar-refractivity contribution in [2.75, 3.05) is 26.1 Å². The highest BCUT2D eigenvalue weighted by atomic mass is 16.5. The highest BCUT2D eigenvalue weighted by Gasteiger charge is 2.19. The number of rotatable bonds is 10. The van der Waals surface area contributed by atoms with Crippen molar-refractivity contribution in [1.82, 2.24) is 0 Å². The molecule has 1 heterocycles. The fourth-order valence-corrected chi connectivity index (χ4v) is 3.10. The molecule has 0 radical (unpaired) electrons. The van der Waals surface area contributed by atoms with Crippen LogP contribution in [-0.2, 0) is 17.8 Å². The molecule has 3 aromatic rings. The maximum atomic E-state index is 9.65. The van der Waals surface area contributed by atoms with Gasteiger partial charge in [0.25, 0.3) is 0 Å². The van der Waals surface area contributed by atoms with Gasteiger partial charge in [0.15, 0.2) is 11.3 Å². The first-order valence-electron chi connectivity index (χ1n) is 9.45. The summed E-state index contributed by atoms with van der Waals surface area (Å²) in [4.78, 5) is 0. The molecular weight excluding hydrogens is 380 g/mol. The van der Waals surface area contributed by atoms with Crippen molar-refractivity contribution in [3.63, 3.8) is 0 Å². The van der Waals surface area contributed by atoms with Crippen LogP contribution >= 0.6 is 0 Å². The van der Waals surface area contributed by atoms with Crippen molar-refractivity contribution in [3.05, 3.63) is 78.2 Å². The third-order valence-corrected chi connectivity index (χ3v) is 4.48. The smallest absolute Gasteiger partial charge is 0.204 e. The van der Waals surface area contributed by atoms with Crippen molar-refractivity contribution < 1.29 is 18.6 Å². The maximum absolute atomic E-state index is 9.65. The van der Waals surface area contributed by atoms with Crippen LogP contribution in [0.5, 0.6) is 11.5 Å². The number of nitrogens with one attached hydrogen (secondary N) is 1. The van der Waals surface area contributed by atoms with E-state index in [4.69, 9.17) is 18.6 Å². The standard InChI is InChI=1S/C24H24N2O4/c1-4-10-29-16-20-13-21-18(12-22(27-2)24(28-3)23(21)30-20)11-17(14-25)15-26-19-8-6-5-7-9-19/h4-9,12-13,15,26H,1,10-11,16H2,2-3H3. The lowest BCUT2D eigenvalue weighted by molar-refractivity contribution is 0.133. The van der Waals surface area contributed by atoms with Gasteiger partial charge in [-0.25, -0.2) is 0 Å². The monoisotopic (exact) mass is 404 g/mol. The molecule has 0 aliphatic heterocycles. The number of para-hydroxylation sites is 1. The zero-order chi connectivity index (χ0) is 21.3. The van der Waals surface area contributed by atoms with Gasteiger partial charge in [-0.2, -0.15) is 5.26 Å². The van der Waals surface area contributed by atoms with Crippen LogP contribution in [0, 0.1) is 11.3 Å². The maximum Gasteiger partial charge on any atom is 0.204 e. The van der Waals surface area contributed by atoms with Gasteiger partial charge in [-0.05, 0) is 29.8 Å². The molecule has 0 amide bonds. The second kappa shape index (κ2) is 10.2. The fraction of sp³-hybridized carbons (Fsp3) is 0.208. The van der Waals surface area contributed by atoms with E-state index in [-0.39, 0.29) is 0 Å². The van der Waals surface area contributed by atoms with E-state index >= 15 is 0 Å². The minimum Gasteiger partial charge on any atom is -0.493 e. The molecule has 2 aromatic carbocycles. The molecule has 0 aliphatic rings. The van der Waals surface area contributed by atoms with E-state index in [2.05, 4.69) is 18.0 Å². The van der Waals surface area contributed by atoms with Crippen molar-refractivity contribution in [2.45, 2.75) is 13.0 Å². The number of hydrogen-bond donors (Lipinski definition) is 1. The number of nitrogens with zero attached hydrogens (tertiary/aromatic N) is 1. The molecule has 154 valence electrons. The Morgan fingerprint density at radius 1 is 1.20 bits per heavy atom. The Morgan fingerprint density at radius 2 is 2.00 bits per heavy atom. The number of allylic oxidation sites excluding steroid dienone is 1. The second-order valence-corrected chi connectivity index (χ2v) is 6.50. The van der Waals surface area contributed by atoms with Crippen LogP contribution < -0.4 is 14.8 Å². The van der Waals surface area contributed by atoms with E-state index in [9.17, 15) is 5.26 Å². The highest BCUT2D eigenvalue weighted by Crippen LogP contribution is 2.40. The van der Waals surface area contributed by atoms with Gasteiger partial charge in [0.2, 0.25) is 5.75 Å². The Hall–Kier alpha value is -3.69. The quantitative estimate of drug-likeness (QED) is 0.284. The van der Waals surface area contributed by atoms with Crippen LogP contribution in [0.1, 0.15) is 11.3 Å². The Labute approximate surface area is 176 Å². The van der Waals surface area contributed by atoms with Crippen LogP contribution in [0.25, 0.3) is 11.0 Å². The first kappa shape index (κ1) is 21.0. The average Bonchev–Trinajstić information content (AvgIpc) is 3.21. The van der Waals surface area contributed by atoms with Crippen molar-refractivity contribution >= 4 is 16.7 Å². The van der Waals surface area contributed by atoms with Crippen molar-refractivity contribution in [2.24, 2.45) is 0 Å². The largest absolute Gasteiger partial charge is 0.493 e. The predicted molar refractivity (Wildman–Crippen MR) is 117 cm³/mol. The Kier molecular flexibility index (Phi) is 7.14. The van der Waals surface area contributed by atoms with Gasteiger partial charge in [0.05, 0.1) is 26.9 Å². The molecular formula is C24H24N2O4. The van der Waals surface area contributed by atoms with E-state index < -0.39 is 0 Å². The van der Waals surface area contributed by atoms with Gasteiger partial charge >= 0.3 is 0 Å². The number of ether oxygens (including phenoxy) is 3. The van der Waals surface area contributed by atoms with Gasteiger partial charge in [0.1, 0.15) is 12.4 Å². The van der Waals surface area contributed by atoms with Crippen LogP contribution in [0.15, 0.2) is 71.3 Å². The summed E-state index contributed by atoms with van der Waals surface area (Å²) in [7, 11) is 3.14. The lowest BCUT2D eigenvalue weighted by Crippen LogP contribution is -1.97. The molecule has 3 rings (SSSR count). The molecule has 1 aromatic heterocycles. The van der Waals surface area contributed by atoms with Gasteiger partial charge in [-0.1, -0.05) is 24.3 Å². The van der Waals surface area contributed by atoms with E-state index in [0.29, 0.717) is 48.0 Å². The summed E-state index contributed by atoms with van der Waals surface area (Å²) in [6.07, 6.45) is 3.80. The molecule has 0 atom stereocenters. The van der Waals surface area contributed by atoms with Crippen LogP contribution in [0.2, 0.25) is 0 Å². The zero-order valence-corrected chi connectivity index (χ0v) is 17.1. The van der Waals surface area contributed by atoms with Gasteiger partial charge in [-0.3, -0.25) is 0 Å². The molecule has 0 fully saturated rings. The molecule has 30 heavy (non-hydrogen) atoms. The van der Waals surface area contributed by atoms with Gasteiger partial charge in [-0.15, -0.1) is 6.58 Å². The van der Waals surface area contributed by atoms with Crippen molar-refractivity contribution in [3.8, 4) is 17.6 Å². The predicted octanol–water partition coefficient (Wildman–Crippen LogP) is 5.21. The molecule has 0 saturated heterocycles. The summed E-state index contributed by atoms with van der Waals surface area (Å²) in [5, 5.41) is 13.7. The number of methoxy groups -OCH3 is 2. The summed E-state index contributed by atoms with van der Waals surface area (Å²) < 4.78 is 22.5. The molecule has 0 bridgehead atoms. The number of fused-ring (bicyclic) bond motifs is 1. The summed E-state index contributed by atoms with van der Waals surface area (Å²) in [5.74, 6) is 1.71. The lowest BCUT2D eigenvalue weighted by atomic mass is 10.0. The first-order chi connectivity index (χ1) is 14.7. The average molecular weight is 404 g/mol. The van der Waals surface area contributed by atoms with E-state index in [1.807, 2.05) is 42.5 Å². The third kappa shape index (κ3) is 4.83. The minimum atomic E-state index is 0.308. The summed E-state index contributed by atoms with van der Waals surface area (Å²) in [6.45, 7) is 4.38. The van der Waals surface area contributed by atoms with Crippen LogP contribution in [0.3, 0.4) is 0 Å². The van der Waals surface area contributed by atoms with Crippen LogP contribution in [0.4, 0.5) is 5.69 Å². The number of benzene rings is 2. The zero-order valence-electron chi connectivity index (χ0n) is 17.1. The molecule has 6 heteroatoms. The molecule has 1 N–H and O–H groups in total. The lowest BCUT2D eigenvalue weighted by Gasteiger charge is -2.11. The number of nitriles is 1. The summed E-state index contributed by atoms with van der Waals surface area (Å²) in [5.41, 5.74) is 2.94. The molecule has 6 nitrogen and oxygen atoms in total. The Morgan fingerprint density at radius 3 is 2.67 bits per heavy atom. The first-order valence-corrected chi connectivity index (χ1v) is 9.45. The highest BCUT2D eigenvalue weighted by molar-refractivity contribution is 5.90. The minimum absolute atomic E-state index is 0.308. The molecule has 0 saturated carbocycles. The summed E-state index contributed by atoms with van der Waals surface area (Å²) in [6, 6.07) is 15.7. The SMILES string of the molecule is C=CCOCc1cc2c(CC(C#N)=CNc3ccccc3)cc(OC)c(OC)c2o1. The van der Waals surface area contributed by atoms with E-state index in [1.54, 1.807) is 26.5 Å². The van der Waals surface area contributed by atoms with Gasteiger partial charge in [0, 0.05) is 29.3 Å². The topological polar surface area (TPSA) is 76.7 Å². The van der Waals surface area contributed by atoms with E-state index in [1.165, 1.54) is 0 Å². The van der Waals surface area contributed by atoms with Crippen LogP contribution in [-0.4, -0.2) is 20.8 Å². The Bertz CT molecular complexity index is 1080. The van der Waals surface area contributed by atoms with Crippen molar-refractivity contribution in [1.29, 1.82) is 5.26 Å².